The van der Waals surface area contributed by atoms with Gasteiger partial charge in [-0.1, -0.05) is 243 Å². The zero-order valence-electron chi connectivity index (χ0n) is 41.8. The largest absolute Gasteiger partial charge is 0.462 e. The van der Waals surface area contributed by atoms with Crippen LogP contribution in [-0.2, 0) is 28.6 Å². The van der Waals surface area contributed by atoms with Crippen LogP contribution < -0.4 is 0 Å². The second kappa shape index (κ2) is 52.0. The number of rotatable bonds is 49. The van der Waals surface area contributed by atoms with E-state index in [2.05, 4.69) is 69.4 Å². The third-order valence-corrected chi connectivity index (χ3v) is 11.9. The van der Waals surface area contributed by atoms with Crippen LogP contribution >= 0.6 is 0 Å². The minimum absolute atomic E-state index is 0.0801. The first kappa shape index (κ1) is 60.4. The molecule has 1 atom stereocenters. The Morgan fingerprint density at radius 2 is 0.635 bits per heavy atom. The van der Waals surface area contributed by atoms with Crippen molar-refractivity contribution in [3.05, 3.63) is 48.6 Å². The molecule has 1 unspecified atom stereocenters. The molecule has 63 heavy (non-hydrogen) atoms. The molecular weight excluding hydrogens is 781 g/mol. The van der Waals surface area contributed by atoms with Gasteiger partial charge in [-0.25, -0.2) is 0 Å². The summed E-state index contributed by atoms with van der Waals surface area (Å²) in [6, 6.07) is 0. The van der Waals surface area contributed by atoms with E-state index in [1.54, 1.807) is 0 Å². The molecule has 0 saturated carbocycles. The Balaban J connectivity index is 4.37. The van der Waals surface area contributed by atoms with E-state index in [4.69, 9.17) is 14.2 Å². The molecule has 0 amide bonds. The Morgan fingerprint density at radius 1 is 0.333 bits per heavy atom. The molecule has 0 spiro atoms. The molecule has 0 N–H and O–H groups in total. The monoisotopic (exact) mass is 883 g/mol. The second-order valence-electron chi connectivity index (χ2n) is 18.2. The number of hydrogen-bond acceptors (Lipinski definition) is 6. The maximum absolute atomic E-state index is 12.8. The van der Waals surface area contributed by atoms with E-state index in [1.165, 1.54) is 154 Å². The van der Waals surface area contributed by atoms with Gasteiger partial charge in [-0.2, -0.15) is 0 Å². The normalized spacial score (nSPS) is 12.4. The van der Waals surface area contributed by atoms with Crippen LogP contribution in [-0.4, -0.2) is 37.2 Å². The fraction of sp³-hybridized carbons (Fsp3) is 0.807. The Hall–Kier alpha value is -2.63. The van der Waals surface area contributed by atoms with Crippen molar-refractivity contribution in [2.75, 3.05) is 13.2 Å². The highest BCUT2D eigenvalue weighted by Crippen LogP contribution is 2.16. The SMILES string of the molecule is CC\C=C/C=C\C=C/CCCCCCCCCC(=O)OC(COC(=O)CCCCC/C=C\CCCCCCCC)COC(=O)CCCCCCCCCCCCCCCCCCC. The lowest BCUT2D eigenvalue weighted by Gasteiger charge is -2.18. The van der Waals surface area contributed by atoms with E-state index >= 15 is 0 Å². The van der Waals surface area contributed by atoms with Crippen molar-refractivity contribution < 1.29 is 28.6 Å². The Morgan fingerprint density at radius 3 is 1.02 bits per heavy atom. The van der Waals surface area contributed by atoms with Gasteiger partial charge in [0.2, 0.25) is 0 Å². The highest BCUT2D eigenvalue weighted by molar-refractivity contribution is 5.71. The number of carbonyl (C=O) groups excluding carboxylic acids is 3. The molecule has 366 valence electrons. The van der Waals surface area contributed by atoms with E-state index in [1.807, 2.05) is 0 Å². The Kier molecular flexibility index (Phi) is 49.8. The van der Waals surface area contributed by atoms with Crippen LogP contribution in [0.4, 0.5) is 0 Å². The van der Waals surface area contributed by atoms with Gasteiger partial charge in [-0.3, -0.25) is 14.4 Å². The van der Waals surface area contributed by atoms with Crippen molar-refractivity contribution >= 4 is 17.9 Å². The highest BCUT2D eigenvalue weighted by atomic mass is 16.6. The number of allylic oxidation sites excluding steroid dienone is 8. The van der Waals surface area contributed by atoms with Crippen molar-refractivity contribution in [1.29, 1.82) is 0 Å². The quantitative estimate of drug-likeness (QED) is 0.0199. The van der Waals surface area contributed by atoms with Gasteiger partial charge in [-0.15, -0.1) is 0 Å². The molecule has 0 aromatic carbocycles. The van der Waals surface area contributed by atoms with Crippen LogP contribution in [0.25, 0.3) is 0 Å². The van der Waals surface area contributed by atoms with Gasteiger partial charge in [0.05, 0.1) is 0 Å². The smallest absolute Gasteiger partial charge is 0.306 e. The average Bonchev–Trinajstić information content (AvgIpc) is 3.28. The number of esters is 3. The first-order valence-corrected chi connectivity index (χ1v) is 27.2. The molecule has 0 fully saturated rings. The highest BCUT2D eigenvalue weighted by Gasteiger charge is 2.19. The predicted octanol–water partition coefficient (Wildman–Crippen LogP) is 17.9. The summed E-state index contributed by atoms with van der Waals surface area (Å²) in [5, 5.41) is 0. The standard InChI is InChI=1S/C57H102O6/c1-4-7-10-13-16-19-22-25-27-28-30-32-35-38-41-44-47-50-56(59)62-53-54(52-61-55(58)49-46-43-40-37-34-31-24-21-18-15-12-9-6-3)63-57(60)51-48-45-42-39-36-33-29-26-23-20-17-14-11-8-5-2/h8,11,14,17,20,23,31,34,54H,4-7,9-10,12-13,15-16,18-19,21-22,24-30,32-33,35-53H2,1-3H3/b11-8-,17-14-,23-20-,34-31-. The number of hydrogen-bond donors (Lipinski definition) is 0. The van der Waals surface area contributed by atoms with Crippen molar-refractivity contribution in [3.8, 4) is 0 Å². The van der Waals surface area contributed by atoms with Crippen LogP contribution in [0.15, 0.2) is 48.6 Å². The molecule has 0 aromatic rings. The van der Waals surface area contributed by atoms with Gasteiger partial charge in [0.25, 0.3) is 0 Å². The van der Waals surface area contributed by atoms with Crippen LogP contribution in [0.1, 0.15) is 278 Å². The van der Waals surface area contributed by atoms with Gasteiger partial charge in [-0.05, 0) is 64.2 Å². The Bertz CT molecular complexity index is 1110. The second-order valence-corrected chi connectivity index (χ2v) is 18.2. The summed E-state index contributed by atoms with van der Waals surface area (Å²) in [5.74, 6) is -0.898. The number of unbranched alkanes of at least 4 members (excludes halogenated alkanes) is 32. The lowest BCUT2D eigenvalue weighted by molar-refractivity contribution is -0.167. The molecule has 0 aliphatic heterocycles. The zero-order chi connectivity index (χ0) is 45.8. The van der Waals surface area contributed by atoms with Gasteiger partial charge in [0.15, 0.2) is 6.10 Å². The third kappa shape index (κ3) is 50.2. The summed E-state index contributed by atoms with van der Waals surface area (Å²) in [7, 11) is 0. The molecular formula is C57H102O6. The minimum Gasteiger partial charge on any atom is -0.462 e. The fourth-order valence-electron chi connectivity index (χ4n) is 7.79. The molecule has 6 heteroatoms. The van der Waals surface area contributed by atoms with Crippen LogP contribution in [0.2, 0.25) is 0 Å². The molecule has 0 rings (SSSR count). The van der Waals surface area contributed by atoms with Crippen molar-refractivity contribution in [1.82, 2.24) is 0 Å². The molecule has 0 heterocycles. The molecule has 0 radical (unpaired) electrons. The fourth-order valence-corrected chi connectivity index (χ4v) is 7.79. The number of ether oxygens (including phenoxy) is 3. The lowest BCUT2D eigenvalue weighted by atomic mass is 10.0. The first-order valence-electron chi connectivity index (χ1n) is 27.2. The Labute approximate surface area is 390 Å². The summed E-state index contributed by atoms with van der Waals surface area (Å²) in [4.78, 5) is 38.0. The van der Waals surface area contributed by atoms with Gasteiger partial charge in [0.1, 0.15) is 13.2 Å². The van der Waals surface area contributed by atoms with E-state index in [-0.39, 0.29) is 31.1 Å². The van der Waals surface area contributed by atoms with Gasteiger partial charge >= 0.3 is 17.9 Å². The minimum atomic E-state index is -0.782. The molecule has 0 aromatic heterocycles. The average molecular weight is 883 g/mol. The summed E-state index contributed by atoms with van der Waals surface area (Å²) in [5.41, 5.74) is 0. The topological polar surface area (TPSA) is 78.9 Å². The first-order chi connectivity index (χ1) is 31.0. The van der Waals surface area contributed by atoms with Crippen molar-refractivity contribution in [3.63, 3.8) is 0 Å². The van der Waals surface area contributed by atoms with E-state index < -0.39 is 6.10 Å². The number of carbonyl (C=O) groups is 3. The molecule has 0 aliphatic rings. The van der Waals surface area contributed by atoms with Crippen LogP contribution in [0.3, 0.4) is 0 Å². The van der Waals surface area contributed by atoms with Crippen molar-refractivity contribution in [2.24, 2.45) is 0 Å². The van der Waals surface area contributed by atoms with E-state index in [0.29, 0.717) is 19.3 Å². The van der Waals surface area contributed by atoms with Crippen LogP contribution in [0.5, 0.6) is 0 Å². The molecule has 0 bridgehead atoms. The van der Waals surface area contributed by atoms with E-state index in [0.717, 1.165) is 83.5 Å². The molecule has 6 nitrogen and oxygen atoms in total. The zero-order valence-corrected chi connectivity index (χ0v) is 41.8. The van der Waals surface area contributed by atoms with E-state index in [9.17, 15) is 14.4 Å². The summed E-state index contributed by atoms with van der Waals surface area (Å²) >= 11 is 0. The maximum atomic E-state index is 12.8. The molecule has 0 aliphatic carbocycles. The van der Waals surface area contributed by atoms with Crippen molar-refractivity contribution in [2.45, 2.75) is 284 Å². The summed E-state index contributed by atoms with van der Waals surface area (Å²) < 4.78 is 16.8. The summed E-state index contributed by atoms with van der Waals surface area (Å²) in [6.07, 6.45) is 62.4. The maximum Gasteiger partial charge on any atom is 0.306 e. The van der Waals surface area contributed by atoms with Gasteiger partial charge in [0, 0.05) is 19.3 Å². The lowest BCUT2D eigenvalue weighted by Crippen LogP contribution is -2.30. The summed E-state index contributed by atoms with van der Waals surface area (Å²) in [6.45, 7) is 6.50. The molecule has 0 saturated heterocycles. The van der Waals surface area contributed by atoms with Gasteiger partial charge < -0.3 is 14.2 Å². The predicted molar refractivity (Wildman–Crippen MR) is 270 cm³/mol. The third-order valence-electron chi connectivity index (χ3n) is 11.9. The van der Waals surface area contributed by atoms with Crippen LogP contribution in [0, 0.1) is 0 Å².